The van der Waals surface area contributed by atoms with Gasteiger partial charge in [0.2, 0.25) is 0 Å². The van der Waals surface area contributed by atoms with Crippen molar-refractivity contribution in [3.63, 3.8) is 0 Å². The minimum atomic E-state index is -0.495. The monoisotopic (exact) mass is 282 g/mol. The van der Waals surface area contributed by atoms with Crippen LogP contribution in [0.4, 0.5) is 11.6 Å². The highest BCUT2D eigenvalue weighted by molar-refractivity contribution is 5.25. The fourth-order valence-corrected chi connectivity index (χ4v) is 1.15. The number of aromatic nitrogens is 4. The molecule has 0 aliphatic carbocycles. The van der Waals surface area contributed by atoms with Crippen LogP contribution in [0.1, 0.15) is 0 Å². The van der Waals surface area contributed by atoms with Gasteiger partial charge in [0.25, 0.3) is 11.1 Å². The van der Waals surface area contributed by atoms with E-state index in [1.807, 2.05) is 0 Å². The van der Waals surface area contributed by atoms with Gasteiger partial charge >= 0.3 is 11.4 Å². The third-order valence-corrected chi connectivity index (χ3v) is 2.37. The Balaban J connectivity index is 0.000000200. The normalized spacial score (nSPS) is 9.70. The molecular weight excluding hydrogens is 268 g/mol. The van der Waals surface area contributed by atoms with E-state index in [9.17, 15) is 19.2 Å². The largest absolute Gasteiger partial charge is 0.385 e. The second-order valence-corrected chi connectivity index (χ2v) is 3.85. The van der Waals surface area contributed by atoms with Crippen molar-refractivity contribution in [1.29, 1.82) is 0 Å². The summed E-state index contributed by atoms with van der Waals surface area (Å²) in [6.45, 7) is 0. The summed E-state index contributed by atoms with van der Waals surface area (Å²) in [5.41, 5.74) is 8.56. The molecule has 10 nitrogen and oxygen atoms in total. The molecule has 0 radical (unpaired) electrons. The van der Waals surface area contributed by atoms with Crippen LogP contribution in [-0.4, -0.2) is 19.1 Å². The summed E-state index contributed by atoms with van der Waals surface area (Å²) in [4.78, 5) is 46.9. The van der Waals surface area contributed by atoms with E-state index in [1.165, 1.54) is 14.1 Å². The van der Waals surface area contributed by atoms with Crippen LogP contribution in [0.3, 0.4) is 0 Å². The van der Waals surface area contributed by atoms with E-state index in [2.05, 4.69) is 9.97 Å². The Labute approximate surface area is 111 Å². The second kappa shape index (κ2) is 5.73. The summed E-state index contributed by atoms with van der Waals surface area (Å²) in [5.74, 6) is 0.252. The minimum absolute atomic E-state index is 0.0908. The summed E-state index contributed by atoms with van der Waals surface area (Å²) in [7, 11) is 2.86. The minimum Gasteiger partial charge on any atom is -0.385 e. The van der Waals surface area contributed by atoms with Crippen LogP contribution in [0.5, 0.6) is 0 Å². The van der Waals surface area contributed by atoms with Gasteiger partial charge in [-0.3, -0.25) is 28.7 Å². The Hall–Kier alpha value is -3.04. The number of aromatic amines is 2. The first-order chi connectivity index (χ1) is 9.22. The smallest absolute Gasteiger partial charge is 0.329 e. The van der Waals surface area contributed by atoms with Crippen molar-refractivity contribution in [1.82, 2.24) is 19.1 Å². The average molecular weight is 282 g/mol. The van der Waals surface area contributed by atoms with Crippen molar-refractivity contribution in [2.75, 3.05) is 11.5 Å². The van der Waals surface area contributed by atoms with Gasteiger partial charge in [0.05, 0.1) is 0 Å². The van der Waals surface area contributed by atoms with Gasteiger partial charge in [-0.25, -0.2) is 9.59 Å². The molecule has 0 atom stereocenters. The predicted molar refractivity (Wildman–Crippen MR) is 73.4 cm³/mol. The molecule has 0 amide bonds. The number of H-pyrrole nitrogens is 2. The van der Waals surface area contributed by atoms with Crippen LogP contribution in [0.2, 0.25) is 0 Å². The fraction of sp³-hybridized carbons (Fsp3) is 0.200. The number of hydrogen-bond acceptors (Lipinski definition) is 6. The summed E-state index contributed by atoms with van der Waals surface area (Å²) in [6.07, 6.45) is 0. The molecule has 0 aromatic carbocycles. The maximum atomic E-state index is 10.7. The lowest BCUT2D eigenvalue weighted by Crippen LogP contribution is -2.32. The Morgan fingerprint density at radius 1 is 0.900 bits per heavy atom. The highest BCUT2D eigenvalue weighted by atomic mass is 16.2. The molecule has 20 heavy (non-hydrogen) atoms. The van der Waals surface area contributed by atoms with Crippen molar-refractivity contribution in [3.8, 4) is 0 Å². The molecule has 108 valence electrons. The van der Waals surface area contributed by atoms with Gasteiger partial charge in [0, 0.05) is 26.2 Å². The van der Waals surface area contributed by atoms with E-state index in [0.717, 1.165) is 21.3 Å². The molecule has 0 fully saturated rings. The zero-order valence-corrected chi connectivity index (χ0v) is 10.8. The molecule has 0 unspecified atom stereocenters. The number of nitrogen functional groups attached to an aromatic ring is 2. The maximum Gasteiger partial charge on any atom is 0.329 e. The lowest BCUT2D eigenvalue weighted by molar-refractivity contribution is 0.779. The van der Waals surface area contributed by atoms with Gasteiger partial charge in [-0.05, 0) is 0 Å². The zero-order valence-electron chi connectivity index (χ0n) is 10.8. The summed E-state index contributed by atoms with van der Waals surface area (Å²) in [5, 5.41) is 0. The van der Waals surface area contributed by atoms with E-state index >= 15 is 0 Å². The van der Waals surface area contributed by atoms with Gasteiger partial charge < -0.3 is 11.5 Å². The number of anilines is 2. The van der Waals surface area contributed by atoms with Crippen molar-refractivity contribution in [2.24, 2.45) is 14.1 Å². The van der Waals surface area contributed by atoms with Gasteiger partial charge in [-0.2, -0.15) is 0 Å². The quantitative estimate of drug-likeness (QED) is 0.411. The molecule has 0 bridgehead atoms. The molecule has 2 aromatic heterocycles. The standard InChI is InChI=1S/2C5H7N3O2/c1-8-3(6)2-4(9)7-5(8)10;1-8-4(9)2-3(6)7-5(8)10/h2H,6H2,1H3,(H,7,9,10);2H,6H2,1H3,(H,7,10). The van der Waals surface area contributed by atoms with Crippen molar-refractivity contribution in [3.05, 3.63) is 53.8 Å². The Kier molecular flexibility index (Phi) is 4.31. The summed E-state index contributed by atoms with van der Waals surface area (Å²) >= 11 is 0. The molecule has 2 heterocycles. The first kappa shape index (κ1) is 15.0. The predicted octanol–water partition coefficient (Wildman–Crippen LogP) is -2.69. The van der Waals surface area contributed by atoms with Gasteiger partial charge in [-0.15, -0.1) is 0 Å². The first-order valence-electron chi connectivity index (χ1n) is 5.34. The average Bonchev–Trinajstić information content (AvgIpc) is 2.33. The molecule has 0 aliphatic heterocycles. The van der Waals surface area contributed by atoms with E-state index < -0.39 is 22.5 Å². The number of hydrogen-bond donors (Lipinski definition) is 4. The molecular formula is C10H14N6O4. The Morgan fingerprint density at radius 3 is 1.95 bits per heavy atom. The van der Waals surface area contributed by atoms with Crippen LogP contribution < -0.4 is 34.0 Å². The van der Waals surface area contributed by atoms with E-state index in [1.54, 1.807) is 0 Å². The van der Waals surface area contributed by atoms with Crippen LogP contribution in [0.25, 0.3) is 0 Å². The molecule has 0 spiro atoms. The first-order valence-corrected chi connectivity index (χ1v) is 5.34. The molecule has 6 N–H and O–H groups in total. The van der Waals surface area contributed by atoms with Gasteiger partial charge in [0.15, 0.2) is 0 Å². The van der Waals surface area contributed by atoms with Crippen LogP contribution in [0.15, 0.2) is 31.3 Å². The van der Waals surface area contributed by atoms with E-state index in [0.29, 0.717) is 0 Å². The maximum absolute atomic E-state index is 10.7. The topological polar surface area (TPSA) is 162 Å². The Morgan fingerprint density at radius 2 is 1.45 bits per heavy atom. The number of nitrogens with two attached hydrogens (primary N) is 2. The molecule has 0 aliphatic rings. The van der Waals surface area contributed by atoms with Crippen molar-refractivity contribution in [2.45, 2.75) is 0 Å². The number of nitrogens with zero attached hydrogens (tertiary/aromatic N) is 2. The molecule has 2 aromatic rings. The van der Waals surface area contributed by atoms with Crippen LogP contribution in [0, 0.1) is 0 Å². The summed E-state index contributed by atoms with van der Waals surface area (Å²) < 4.78 is 2.09. The highest BCUT2D eigenvalue weighted by Crippen LogP contribution is 1.85. The number of nitrogens with one attached hydrogen (secondary N) is 2. The zero-order chi connectivity index (χ0) is 15.4. The molecule has 0 saturated heterocycles. The lowest BCUT2D eigenvalue weighted by atomic mass is 10.6. The Bertz CT molecular complexity index is 806. The molecule has 2 rings (SSSR count). The third kappa shape index (κ3) is 3.48. The fourth-order valence-electron chi connectivity index (χ4n) is 1.15. The van der Waals surface area contributed by atoms with E-state index in [4.69, 9.17) is 11.5 Å². The SMILES string of the molecule is Cn1c(=O)cc(N)[nH]c1=O.Cn1c(N)cc(=O)[nH]c1=O. The third-order valence-electron chi connectivity index (χ3n) is 2.37. The van der Waals surface area contributed by atoms with Gasteiger partial charge in [-0.1, -0.05) is 0 Å². The van der Waals surface area contributed by atoms with Crippen molar-refractivity contribution >= 4 is 11.6 Å². The molecule has 0 saturated carbocycles. The van der Waals surface area contributed by atoms with Gasteiger partial charge in [0.1, 0.15) is 11.6 Å². The summed E-state index contributed by atoms with van der Waals surface area (Å²) in [6, 6.07) is 2.31. The second-order valence-electron chi connectivity index (χ2n) is 3.85. The van der Waals surface area contributed by atoms with E-state index in [-0.39, 0.29) is 11.6 Å². The lowest BCUT2D eigenvalue weighted by Gasteiger charge is -1.97. The highest BCUT2D eigenvalue weighted by Gasteiger charge is 1.95. The molecule has 10 heteroatoms. The van der Waals surface area contributed by atoms with Crippen molar-refractivity contribution < 1.29 is 0 Å². The van der Waals surface area contributed by atoms with Crippen LogP contribution >= 0.6 is 0 Å². The number of rotatable bonds is 0. The van der Waals surface area contributed by atoms with Crippen LogP contribution in [-0.2, 0) is 14.1 Å².